The van der Waals surface area contributed by atoms with E-state index in [1.807, 2.05) is 6.92 Å². The summed E-state index contributed by atoms with van der Waals surface area (Å²) in [5.74, 6) is 0.578. The van der Waals surface area contributed by atoms with E-state index >= 15 is 0 Å². The number of aryl methyl sites for hydroxylation is 2. The number of hydrogen-bond acceptors (Lipinski definition) is 3. The molecule has 3 N–H and O–H groups in total. The fraction of sp³-hybridized carbons (Fsp3) is 0.609. The molecule has 7 heteroatoms. The van der Waals surface area contributed by atoms with E-state index in [1.165, 1.54) is 47.3 Å². The lowest BCUT2D eigenvalue weighted by atomic mass is 9.89. The van der Waals surface area contributed by atoms with Crippen LogP contribution in [0, 0.1) is 0 Å². The minimum atomic E-state index is -0.771. The molecule has 7 nitrogen and oxygen atoms in total. The van der Waals surface area contributed by atoms with E-state index in [4.69, 9.17) is 0 Å². The van der Waals surface area contributed by atoms with Crippen molar-refractivity contribution in [1.82, 2.24) is 20.9 Å². The quantitative estimate of drug-likeness (QED) is 0.278. The minimum absolute atomic E-state index is 0.139. The lowest BCUT2D eigenvalue weighted by molar-refractivity contribution is -0.130. The smallest absolute Gasteiger partial charge is 0.325 e. The van der Waals surface area contributed by atoms with E-state index in [2.05, 4.69) is 46.1 Å². The molecule has 1 aliphatic heterocycles. The highest BCUT2D eigenvalue weighted by atomic mass is 16.2. The van der Waals surface area contributed by atoms with Gasteiger partial charge in [0.1, 0.15) is 5.54 Å². The lowest BCUT2D eigenvalue weighted by Crippen LogP contribution is -2.43. The summed E-state index contributed by atoms with van der Waals surface area (Å²) >= 11 is 0. The number of aliphatic imine (C=N–C) groups is 1. The summed E-state index contributed by atoms with van der Waals surface area (Å²) in [7, 11) is 1.75. The Morgan fingerprint density at radius 1 is 1.27 bits per heavy atom. The van der Waals surface area contributed by atoms with Gasteiger partial charge in [0.05, 0.1) is 6.04 Å². The summed E-state index contributed by atoms with van der Waals surface area (Å²) in [6.07, 6.45) is 6.17. The van der Waals surface area contributed by atoms with Crippen LogP contribution in [0.25, 0.3) is 0 Å². The number of amides is 3. The normalized spacial score (nSPS) is 22.5. The number of benzene rings is 1. The Morgan fingerprint density at radius 2 is 2.00 bits per heavy atom. The number of guanidine groups is 1. The number of imide groups is 1. The van der Waals surface area contributed by atoms with E-state index in [0.717, 1.165) is 5.96 Å². The van der Waals surface area contributed by atoms with Gasteiger partial charge in [0.15, 0.2) is 5.96 Å². The van der Waals surface area contributed by atoms with Crippen molar-refractivity contribution in [3.8, 4) is 0 Å². The summed E-state index contributed by atoms with van der Waals surface area (Å²) in [5.41, 5.74) is 3.45. The predicted octanol–water partition coefficient (Wildman–Crippen LogP) is 2.90. The monoisotopic (exact) mass is 413 g/mol. The highest BCUT2D eigenvalue weighted by molar-refractivity contribution is 6.06. The molecule has 0 aromatic heterocycles. The third-order valence-corrected chi connectivity index (χ3v) is 6.35. The molecule has 30 heavy (non-hydrogen) atoms. The number of nitrogens with zero attached hydrogens (tertiary/aromatic N) is 2. The first-order valence-electron chi connectivity index (χ1n) is 11.1. The Morgan fingerprint density at radius 3 is 2.67 bits per heavy atom. The third-order valence-electron chi connectivity index (χ3n) is 6.35. The van der Waals surface area contributed by atoms with Crippen molar-refractivity contribution in [2.45, 2.75) is 70.9 Å². The standard InChI is InChI=1S/C23H35N5O2/c1-5-23(3)20(29)28(22(30)27-23)14-8-13-25-21(24-4)26-16(2)18-12-11-17-9-6-7-10-19(17)15-18/h11-12,15-16H,5-10,13-14H2,1-4H3,(H,27,30)(H2,24,25,26). The van der Waals surface area contributed by atoms with Crippen molar-refractivity contribution < 1.29 is 9.59 Å². The maximum atomic E-state index is 12.4. The predicted molar refractivity (Wildman–Crippen MR) is 120 cm³/mol. The van der Waals surface area contributed by atoms with Crippen LogP contribution in [0.1, 0.15) is 69.2 Å². The first kappa shape index (κ1) is 22.1. The zero-order chi connectivity index (χ0) is 21.7. The second-order valence-electron chi connectivity index (χ2n) is 8.53. The molecule has 1 saturated heterocycles. The first-order chi connectivity index (χ1) is 14.4. The second-order valence-corrected chi connectivity index (χ2v) is 8.53. The van der Waals surface area contributed by atoms with Crippen LogP contribution in [0.5, 0.6) is 0 Å². The summed E-state index contributed by atoms with van der Waals surface area (Å²) in [4.78, 5) is 30.2. The van der Waals surface area contributed by atoms with Gasteiger partial charge >= 0.3 is 6.03 Å². The zero-order valence-electron chi connectivity index (χ0n) is 18.7. The van der Waals surface area contributed by atoms with E-state index in [1.54, 1.807) is 14.0 Å². The average Bonchev–Trinajstić information content (AvgIpc) is 2.98. The van der Waals surface area contributed by atoms with Crippen molar-refractivity contribution in [2.75, 3.05) is 20.1 Å². The van der Waals surface area contributed by atoms with Gasteiger partial charge in [-0.3, -0.25) is 14.7 Å². The molecule has 1 aromatic rings. The Balaban J connectivity index is 1.47. The van der Waals surface area contributed by atoms with Gasteiger partial charge in [0.25, 0.3) is 5.91 Å². The molecular formula is C23H35N5O2. The fourth-order valence-corrected chi connectivity index (χ4v) is 4.14. The van der Waals surface area contributed by atoms with Gasteiger partial charge in [-0.25, -0.2) is 4.79 Å². The van der Waals surface area contributed by atoms with Crippen LogP contribution in [-0.4, -0.2) is 48.5 Å². The van der Waals surface area contributed by atoms with Crippen LogP contribution in [0.2, 0.25) is 0 Å². The number of carbonyl (C=O) groups excluding carboxylic acids is 2. The molecule has 164 valence electrons. The highest BCUT2D eigenvalue weighted by Gasteiger charge is 2.45. The number of hydrogen-bond donors (Lipinski definition) is 3. The van der Waals surface area contributed by atoms with Crippen molar-refractivity contribution >= 4 is 17.9 Å². The topological polar surface area (TPSA) is 85.8 Å². The number of fused-ring (bicyclic) bond motifs is 1. The summed E-state index contributed by atoms with van der Waals surface area (Å²) in [6.45, 7) is 6.83. The van der Waals surface area contributed by atoms with Crippen LogP contribution in [-0.2, 0) is 17.6 Å². The SMILES string of the molecule is CCC1(C)NC(=O)N(CCCNC(=NC)NC(C)c2ccc3c(c2)CCCC3)C1=O. The Kier molecular flexibility index (Phi) is 7.00. The molecule has 0 radical (unpaired) electrons. The van der Waals surface area contributed by atoms with Crippen molar-refractivity contribution in [1.29, 1.82) is 0 Å². The molecule has 0 saturated carbocycles. The van der Waals surface area contributed by atoms with Gasteiger partial charge in [-0.2, -0.15) is 0 Å². The zero-order valence-corrected chi connectivity index (χ0v) is 18.7. The highest BCUT2D eigenvalue weighted by Crippen LogP contribution is 2.25. The Hall–Kier alpha value is -2.57. The summed E-state index contributed by atoms with van der Waals surface area (Å²) in [6, 6.07) is 6.63. The fourth-order valence-electron chi connectivity index (χ4n) is 4.14. The molecule has 0 spiro atoms. The number of nitrogens with one attached hydrogen (secondary N) is 3. The molecule has 0 bridgehead atoms. The van der Waals surface area contributed by atoms with Gasteiger partial charge in [-0.1, -0.05) is 25.1 Å². The van der Waals surface area contributed by atoms with Crippen molar-refractivity contribution in [3.05, 3.63) is 34.9 Å². The molecule has 3 amide bonds. The molecule has 1 heterocycles. The molecule has 2 unspecified atom stereocenters. The van der Waals surface area contributed by atoms with Crippen molar-refractivity contribution in [3.63, 3.8) is 0 Å². The van der Waals surface area contributed by atoms with Gasteiger partial charge in [0, 0.05) is 20.1 Å². The Bertz CT molecular complexity index is 822. The van der Waals surface area contributed by atoms with Crippen LogP contribution in [0.4, 0.5) is 4.79 Å². The van der Waals surface area contributed by atoms with Crippen molar-refractivity contribution in [2.24, 2.45) is 4.99 Å². The largest absolute Gasteiger partial charge is 0.356 e. The maximum absolute atomic E-state index is 12.4. The van der Waals surface area contributed by atoms with E-state index < -0.39 is 5.54 Å². The van der Waals surface area contributed by atoms with Crippen LogP contribution in [0.3, 0.4) is 0 Å². The molecule has 1 aromatic carbocycles. The summed E-state index contributed by atoms with van der Waals surface area (Å²) < 4.78 is 0. The van der Waals surface area contributed by atoms with Gasteiger partial charge in [0.2, 0.25) is 0 Å². The molecular weight excluding hydrogens is 378 g/mol. The second kappa shape index (κ2) is 9.49. The number of rotatable bonds is 7. The van der Waals surface area contributed by atoms with Crippen LogP contribution < -0.4 is 16.0 Å². The average molecular weight is 414 g/mol. The summed E-state index contributed by atoms with van der Waals surface area (Å²) in [5, 5.41) is 9.51. The van der Waals surface area contributed by atoms with E-state index in [9.17, 15) is 9.59 Å². The molecule has 3 rings (SSSR count). The van der Waals surface area contributed by atoms with E-state index in [-0.39, 0.29) is 18.0 Å². The van der Waals surface area contributed by atoms with Crippen LogP contribution >= 0.6 is 0 Å². The number of carbonyl (C=O) groups is 2. The van der Waals surface area contributed by atoms with Gasteiger partial charge in [-0.05, 0) is 69.1 Å². The van der Waals surface area contributed by atoms with Crippen LogP contribution in [0.15, 0.2) is 23.2 Å². The first-order valence-corrected chi connectivity index (χ1v) is 11.1. The molecule has 1 aliphatic carbocycles. The minimum Gasteiger partial charge on any atom is -0.356 e. The maximum Gasteiger partial charge on any atom is 0.325 e. The van der Waals surface area contributed by atoms with E-state index in [0.29, 0.717) is 25.9 Å². The van der Waals surface area contributed by atoms with Gasteiger partial charge < -0.3 is 16.0 Å². The molecule has 1 fully saturated rings. The Labute approximate surface area is 179 Å². The molecule has 2 aliphatic rings. The lowest BCUT2D eigenvalue weighted by Gasteiger charge is -2.22. The number of urea groups is 1. The molecule has 2 atom stereocenters. The van der Waals surface area contributed by atoms with Gasteiger partial charge in [-0.15, -0.1) is 0 Å². The third kappa shape index (κ3) is 4.77.